The number of Topliss-reactive ketones (excluding diaryl/α,β-unsaturated/α-hetero) is 1. The van der Waals surface area contributed by atoms with E-state index in [0.717, 1.165) is 6.26 Å². The van der Waals surface area contributed by atoms with E-state index in [0.29, 0.717) is 5.56 Å². The molecule has 0 saturated carbocycles. The number of primary amides is 1. The zero-order valence-electron chi connectivity index (χ0n) is 11.1. The molecule has 5 nitrogen and oxygen atoms in total. The lowest BCUT2D eigenvalue weighted by Crippen LogP contribution is -2.33. The number of carbonyl (C=O) groups is 2. The van der Waals surface area contributed by atoms with Crippen molar-refractivity contribution in [3.8, 4) is 0 Å². The van der Waals surface area contributed by atoms with Crippen LogP contribution in [0.15, 0.2) is 29.2 Å². The van der Waals surface area contributed by atoms with Gasteiger partial charge in [-0.15, -0.1) is 0 Å². The van der Waals surface area contributed by atoms with Gasteiger partial charge in [0.1, 0.15) is 0 Å². The third-order valence-electron chi connectivity index (χ3n) is 2.87. The lowest BCUT2D eigenvalue weighted by atomic mass is 9.85. The summed E-state index contributed by atoms with van der Waals surface area (Å²) in [6.07, 6.45) is 1.08. The minimum Gasteiger partial charge on any atom is -0.369 e. The number of nitrogens with two attached hydrogens (primary N) is 1. The predicted molar refractivity (Wildman–Crippen MR) is 71.5 cm³/mol. The lowest BCUT2D eigenvalue weighted by Gasteiger charge is -2.19. The zero-order valence-corrected chi connectivity index (χ0v) is 12.0. The van der Waals surface area contributed by atoms with Crippen LogP contribution in [0.2, 0.25) is 0 Å². The van der Waals surface area contributed by atoms with Crippen LogP contribution >= 0.6 is 0 Å². The Morgan fingerprint density at radius 3 is 2.00 bits per heavy atom. The van der Waals surface area contributed by atoms with E-state index in [9.17, 15) is 18.0 Å². The number of hydrogen-bond donors (Lipinski definition) is 1. The highest BCUT2D eigenvalue weighted by molar-refractivity contribution is 7.90. The van der Waals surface area contributed by atoms with E-state index >= 15 is 0 Å². The molecule has 0 unspecified atom stereocenters. The SMILES string of the molecule is CC(C)(CC(=O)c1ccc(S(C)(=O)=O)cc1)C(N)=O. The Morgan fingerprint density at radius 1 is 1.16 bits per heavy atom. The van der Waals surface area contributed by atoms with E-state index in [2.05, 4.69) is 0 Å². The number of sulfone groups is 1. The van der Waals surface area contributed by atoms with Gasteiger partial charge in [-0.1, -0.05) is 26.0 Å². The van der Waals surface area contributed by atoms with Crippen LogP contribution in [0.3, 0.4) is 0 Å². The molecule has 1 aromatic carbocycles. The van der Waals surface area contributed by atoms with Gasteiger partial charge < -0.3 is 5.73 Å². The third-order valence-corrected chi connectivity index (χ3v) is 4.00. The Bertz CT molecular complexity index is 600. The molecule has 19 heavy (non-hydrogen) atoms. The molecule has 0 saturated heterocycles. The summed E-state index contributed by atoms with van der Waals surface area (Å²) in [4.78, 5) is 23.3. The van der Waals surface area contributed by atoms with Crippen LogP contribution in [0, 0.1) is 5.41 Å². The Balaban J connectivity index is 2.94. The van der Waals surface area contributed by atoms with Gasteiger partial charge in [0.2, 0.25) is 5.91 Å². The molecule has 6 heteroatoms. The van der Waals surface area contributed by atoms with Crippen LogP contribution in [0.25, 0.3) is 0 Å². The molecular formula is C13H17NO4S. The second-order valence-corrected chi connectivity index (χ2v) is 7.16. The van der Waals surface area contributed by atoms with E-state index in [4.69, 9.17) is 5.73 Å². The van der Waals surface area contributed by atoms with Crippen LogP contribution in [-0.2, 0) is 14.6 Å². The van der Waals surface area contributed by atoms with Crippen molar-refractivity contribution < 1.29 is 18.0 Å². The maximum Gasteiger partial charge on any atom is 0.223 e. The minimum atomic E-state index is -3.28. The molecule has 1 rings (SSSR count). The molecule has 1 amide bonds. The third kappa shape index (κ3) is 3.89. The number of amides is 1. The predicted octanol–water partition coefficient (Wildman–Crippen LogP) is 1.17. The van der Waals surface area contributed by atoms with Crippen LogP contribution < -0.4 is 5.73 Å². The molecule has 0 fully saturated rings. The number of rotatable bonds is 5. The molecule has 0 aliphatic carbocycles. The van der Waals surface area contributed by atoms with Gasteiger partial charge in [-0.05, 0) is 12.1 Å². The number of hydrogen-bond acceptors (Lipinski definition) is 4. The van der Waals surface area contributed by atoms with Crippen molar-refractivity contribution >= 4 is 21.5 Å². The fourth-order valence-electron chi connectivity index (χ4n) is 1.48. The molecule has 0 atom stereocenters. The Morgan fingerprint density at radius 2 is 1.63 bits per heavy atom. The fourth-order valence-corrected chi connectivity index (χ4v) is 2.11. The van der Waals surface area contributed by atoms with Crippen LogP contribution in [0.5, 0.6) is 0 Å². The van der Waals surface area contributed by atoms with Crippen molar-refractivity contribution in [3.63, 3.8) is 0 Å². The molecule has 0 aliphatic heterocycles. The Labute approximate surface area is 112 Å². The Hall–Kier alpha value is -1.69. The largest absolute Gasteiger partial charge is 0.369 e. The second kappa shape index (κ2) is 5.13. The average Bonchev–Trinajstić information content (AvgIpc) is 2.27. The van der Waals surface area contributed by atoms with Crippen molar-refractivity contribution in [2.75, 3.05) is 6.26 Å². The highest BCUT2D eigenvalue weighted by atomic mass is 32.2. The highest BCUT2D eigenvalue weighted by Crippen LogP contribution is 2.22. The van der Waals surface area contributed by atoms with Gasteiger partial charge in [-0.3, -0.25) is 9.59 Å². The number of carbonyl (C=O) groups excluding carboxylic acids is 2. The molecule has 0 radical (unpaired) electrons. The van der Waals surface area contributed by atoms with Gasteiger partial charge in [0.25, 0.3) is 0 Å². The van der Waals surface area contributed by atoms with Crippen molar-refractivity contribution in [3.05, 3.63) is 29.8 Å². The zero-order chi connectivity index (χ0) is 14.8. The fraction of sp³-hybridized carbons (Fsp3) is 0.385. The molecule has 0 spiro atoms. The topological polar surface area (TPSA) is 94.3 Å². The lowest BCUT2D eigenvalue weighted by molar-refractivity contribution is -0.125. The number of ketones is 1. The number of benzene rings is 1. The maximum atomic E-state index is 12.0. The average molecular weight is 283 g/mol. The summed E-state index contributed by atoms with van der Waals surface area (Å²) in [7, 11) is -3.28. The molecule has 1 aromatic rings. The first-order valence-electron chi connectivity index (χ1n) is 5.67. The maximum absolute atomic E-state index is 12.0. The molecule has 0 aromatic heterocycles. The first kappa shape index (κ1) is 15.4. The van der Waals surface area contributed by atoms with Crippen molar-refractivity contribution in [2.24, 2.45) is 11.1 Å². The molecule has 104 valence electrons. The monoisotopic (exact) mass is 283 g/mol. The van der Waals surface area contributed by atoms with Crippen LogP contribution in [-0.4, -0.2) is 26.4 Å². The summed E-state index contributed by atoms with van der Waals surface area (Å²) in [5.74, 6) is -0.794. The summed E-state index contributed by atoms with van der Waals surface area (Å²) in [5.41, 5.74) is 4.65. The van der Waals surface area contributed by atoms with E-state index in [1.807, 2.05) is 0 Å². The van der Waals surface area contributed by atoms with Gasteiger partial charge in [0, 0.05) is 18.2 Å². The second-order valence-electron chi connectivity index (χ2n) is 5.14. The highest BCUT2D eigenvalue weighted by Gasteiger charge is 2.28. The minimum absolute atomic E-state index is 0.0133. The van der Waals surface area contributed by atoms with Crippen molar-refractivity contribution in [2.45, 2.75) is 25.2 Å². The molecular weight excluding hydrogens is 266 g/mol. The summed E-state index contributed by atoms with van der Waals surface area (Å²) >= 11 is 0. The van der Waals surface area contributed by atoms with E-state index in [1.165, 1.54) is 24.3 Å². The molecule has 2 N–H and O–H groups in total. The van der Waals surface area contributed by atoms with Gasteiger partial charge in [-0.2, -0.15) is 0 Å². The smallest absolute Gasteiger partial charge is 0.223 e. The summed E-state index contributed by atoms with van der Waals surface area (Å²) in [5, 5.41) is 0. The van der Waals surface area contributed by atoms with E-state index < -0.39 is 21.2 Å². The van der Waals surface area contributed by atoms with Crippen molar-refractivity contribution in [1.29, 1.82) is 0 Å². The van der Waals surface area contributed by atoms with E-state index in [-0.39, 0.29) is 17.1 Å². The normalized spacial score (nSPS) is 12.2. The first-order chi connectivity index (χ1) is 8.54. The van der Waals surface area contributed by atoms with Crippen LogP contribution in [0.1, 0.15) is 30.6 Å². The molecule has 0 bridgehead atoms. The molecule has 0 aliphatic rings. The first-order valence-corrected chi connectivity index (χ1v) is 7.56. The van der Waals surface area contributed by atoms with Crippen LogP contribution in [0.4, 0.5) is 0 Å². The Kier molecular flexibility index (Phi) is 4.15. The molecule has 0 heterocycles. The van der Waals surface area contributed by atoms with Crippen molar-refractivity contribution in [1.82, 2.24) is 0 Å². The summed E-state index contributed by atoms with van der Waals surface area (Å²) in [6, 6.07) is 5.63. The van der Waals surface area contributed by atoms with Gasteiger partial charge in [-0.25, -0.2) is 8.42 Å². The van der Waals surface area contributed by atoms with Gasteiger partial charge in [0.05, 0.1) is 10.3 Å². The summed E-state index contributed by atoms with van der Waals surface area (Å²) in [6.45, 7) is 3.19. The summed E-state index contributed by atoms with van der Waals surface area (Å²) < 4.78 is 22.6. The van der Waals surface area contributed by atoms with E-state index in [1.54, 1.807) is 13.8 Å². The standard InChI is InChI=1S/C13H17NO4S/c1-13(2,12(14)16)8-11(15)9-4-6-10(7-5-9)19(3,17)18/h4-7H,8H2,1-3H3,(H2,14,16). The quantitative estimate of drug-likeness (QED) is 0.821. The van der Waals surface area contributed by atoms with Gasteiger partial charge >= 0.3 is 0 Å². The van der Waals surface area contributed by atoms with Gasteiger partial charge in [0.15, 0.2) is 15.6 Å².